The molecule has 8 heteroatoms. The van der Waals surface area contributed by atoms with E-state index < -0.39 is 45.9 Å². The lowest BCUT2D eigenvalue weighted by Gasteiger charge is -2.51. The molecule has 3 aromatic carbocycles. The first-order valence-corrected chi connectivity index (χ1v) is 10.4. The van der Waals surface area contributed by atoms with Gasteiger partial charge in [0.25, 0.3) is 5.69 Å². The molecule has 0 aromatic heterocycles. The molecule has 2 amide bonds. The molecule has 0 radical (unpaired) electrons. The second kappa shape index (κ2) is 6.35. The third kappa shape index (κ3) is 2.17. The van der Waals surface area contributed by atoms with Gasteiger partial charge in [-0.25, -0.2) is 4.90 Å². The van der Waals surface area contributed by atoms with E-state index >= 15 is 0 Å². The molecular formula is C25H16N2O6. The van der Waals surface area contributed by atoms with Gasteiger partial charge in [0, 0.05) is 18.1 Å². The van der Waals surface area contributed by atoms with E-state index in [4.69, 9.17) is 0 Å². The highest BCUT2D eigenvalue weighted by Gasteiger charge is 2.71. The molecule has 7 rings (SSSR count). The number of nitro groups is 1. The molecule has 1 heterocycles. The molecule has 1 saturated heterocycles. The normalized spacial score (nSPS) is 26.5. The fourth-order valence-corrected chi connectivity index (χ4v) is 6.14. The standard InChI is InChI=1S/C25H16N2O6/c28-22-20-19-15-8-1-3-10-17(15)25(24(30)31,18-11-4-2-9-16(18)19)21(20)23(29)26(22)13-6-5-7-14(12-13)27(32)33/h1-12,19-21H,(H,30,31)/t19?,20-,21?,25?/m1/s1. The van der Waals surface area contributed by atoms with Crippen LogP contribution < -0.4 is 4.90 Å². The smallest absolute Gasteiger partial charge is 0.319 e. The van der Waals surface area contributed by atoms with E-state index in [2.05, 4.69) is 0 Å². The number of anilines is 1. The number of imide groups is 1. The van der Waals surface area contributed by atoms with E-state index in [-0.39, 0.29) is 11.4 Å². The van der Waals surface area contributed by atoms with Gasteiger partial charge in [-0.15, -0.1) is 0 Å². The summed E-state index contributed by atoms with van der Waals surface area (Å²) in [5.41, 5.74) is 0.569. The van der Waals surface area contributed by atoms with E-state index in [1.54, 1.807) is 36.4 Å². The summed E-state index contributed by atoms with van der Waals surface area (Å²) in [5, 5.41) is 21.9. The Morgan fingerprint density at radius 2 is 1.52 bits per heavy atom. The summed E-state index contributed by atoms with van der Waals surface area (Å²) in [6.45, 7) is 0. The van der Waals surface area contributed by atoms with Crippen molar-refractivity contribution in [3.8, 4) is 0 Å². The number of aliphatic carboxylic acids is 1. The number of carbonyl (C=O) groups is 3. The molecule has 3 aliphatic carbocycles. The Balaban J connectivity index is 1.64. The Morgan fingerprint density at radius 3 is 2.09 bits per heavy atom. The van der Waals surface area contributed by atoms with Crippen LogP contribution in [0.25, 0.3) is 0 Å². The van der Waals surface area contributed by atoms with Crippen molar-refractivity contribution in [3.05, 3.63) is 105 Å². The lowest BCUT2D eigenvalue weighted by atomic mass is 9.47. The van der Waals surface area contributed by atoms with Crippen LogP contribution in [0.15, 0.2) is 72.8 Å². The highest BCUT2D eigenvalue weighted by Crippen LogP contribution is 2.64. The van der Waals surface area contributed by atoms with Gasteiger partial charge < -0.3 is 5.11 Å². The molecule has 2 bridgehead atoms. The van der Waals surface area contributed by atoms with Crippen molar-refractivity contribution in [2.75, 3.05) is 4.90 Å². The number of carbonyl (C=O) groups excluding carboxylic acids is 2. The quantitative estimate of drug-likeness (QED) is 0.380. The summed E-state index contributed by atoms with van der Waals surface area (Å²) in [7, 11) is 0. The van der Waals surface area contributed by atoms with E-state index in [9.17, 15) is 29.6 Å². The number of non-ortho nitro benzene ring substituents is 1. The van der Waals surface area contributed by atoms with Gasteiger partial charge in [0.1, 0.15) is 5.41 Å². The Kier molecular flexibility index (Phi) is 3.73. The number of carboxylic acid groups (broad SMARTS) is 1. The zero-order chi connectivity index (χ0) is 23.1. The van der Waals surface area contributed by atoms with Crippen LogP contribution in [0, 0.1) is 22.0 Å². The summed E-state index contributed by atoms with van der Waals surface area (Å²) in [6, 6.07) is 19.4. The van der Waals surface area contributed by atoms with Gasteiger partial charge in [-0.1, -0.05) is 54.6 Å². The molecule has 1 aliphatic heterocycles. The topological polar surface area (TPSA) is 118 Å². The van der Waals surface area contributed by atoms with E-state index in [1.807, 2.05) is 12.1 Å². The molecule has 33 heavy (non-hydrogen) atoms. The van der Waals surface area contributed by atoms with Crippen LogP contribution in [-0.4, -0.2) is 27.8 Å². The minimum absolute atomic E-state index is 0.0710. The van der Waals surface area contributed by atoms with Gasteiger partial charge in [-0.05, 0) is 28.3 Å². The van der Waals surface area contributed by atoms with Crippen LogP contribution in [0.1, 0.15) is 28.2 Å². The second-order valence-electron chi connectivity index (χ2n) is 8.56. The molecule has 2 atom stereocenters. The summed E-state index contributed by atoms with van der Waals surface area (Å²) in [5.74, 6) is -4.94. The number of rotatable bonds is 3. The van der Waals surface area contributed by atoms with Gasteiger partial charge in [-0.3, -0.25) is 24.5 Å². The summed E-state index contributed by atoms with van der Waals surface area (Å²) >= 11 is 0. The first-order valence-electron chi connectivity index (χ1n) is 10.4. The predicted molar refractivity (Wildman–Crippen MR) is 116 cm³/mol. The van der Waals surface area contributed by atoms with Crippen LogP contribution >= 0.6 is 0 Å². The Morgan fingerprint density at radius 1 is 0.909 bits per heavy atom. The van der Waals surface area contributed by atoms with Gasteiger partial charge in [-0.2, -0.15) is 0 Å². The zero-order valence-electron chi connectivity index (χ0n) is 17.0. The number of nitro benzene ring substituents is 1. The van der Waals surface area contributed by atoms with Crippen molar-refractivity contribution >= 4 is 29.2 Å². The predicted octanol–water partition coefficient (Wildman–Crippen LogP) is 3.23. The Bertz CT molecular complexity index is 1370. The molecule has 0 saturated carbocycles. The first kappa shape index (κ1) is 19.4. The highest BCUT2D eigenvalue weighted by molar-refractivity contribution is 6.25. The van der Waals surface area contributed by atoms with E-state index in [0.29, 0.717) is 11.1 Å². The molecule has 3 aromatic rings. The maximum atomic E-state index is 13.8. The van der Waals surface area contributed by atoms with Gasteiger partial charge in [0.05, 0.1) is 22.4 Å². The number of hydrogen-bond donors (Lipinski definition) is 1. The molecule has 0 spiro atoms. The van der Waals surface area contributed by atoms with Crippen LogP contribution in [0.2, 0.25) is 0 Å². The first-order chi connectivity index (χ1) is 15.9. The van der Waals surface area contributed by atoms with Gasteiger partial charge >= 0.3 is 5.97 Å². The average molecular weight is 440 g/mol. The largest absolute Gasteiger partial charge is 0.480 e. The fraction of sp³-hybridized carbons (Fsp3) is 0.160. The zero-order valence-corrected chi connectivity index (χ0v) is 17.0. The van der Waals surface area contributed by atoms with Crippen LogP contribution in [0.4, 0.5) is 11.4 Å². The van der Waals surface area contributed by atoms with E-state index in [0.717, 1.165) is 16.0 Å². The molecule has 1 N–H and O–H groups in total. The molecule has 4 aliphatic rings. The van der Waals surface area contributed by atoms with Gasteiger partial charge in [0.2, 0.25) is 11.8 Å². The third-order valence-electron chi connectivity index (χ3n) is 7.25. The number of benzene rings is 3. The average Bonchev–Trinajstić information content (AvgIpc) is 3.09. The van der Waals surface area contributed by atoms with Gasteiger partial charge in [0.15, 0.2) is 0 Å². The molecule has 1 unspecified atom stereocenters. The van der Waals surface area contributed by atoms with Crippen molar-refractivity contribution < 1.29 is 24.4 Å². The molecule has 8 nitrogen and oxygen atoms in total. The van der Waals surface area contributed by atoms with Crippen LogP contribution in [0.5, 0.6) is 0 Å². The summed E-state index contributed by atoms with van der Waals surface area (Å²) in [4.78, 5) is 52.2. The minimum Gasteiger partial charge on any atom is -0.480 e. The van der Waals surface area contributed by atoms with E-state index in [1.165, 1.54) is 24.3 Å². The highest BCUT2D eigenvalue weighted by atomic mass is 16.6. The third-order valence-corrected chi connectivity index (χ3v) is 7.25. The summed E-state index contributed by atoms with van der Waals surface area (Å²) in [6.07, 6.45) is 0. The van der Waals surface area contributed by atoms with Crippen molar-refractivity contribution in [2.24, 2.45) is 11.8 Å². The van der Waals surface area contributed by atoms with Crippen molar-refractivity contribution in [3.63, 3.8) is 0 Å². The maximum absolute atomic E-state index is 13.8. The number of carboxylic acids is 1. The SMILES string of the molecule is O=C1C2[C@H](C(=O)N1c1cccc([N+](=O)[O-])c1)C1c3ccccc3C2(C(=O)O)c2ccccc21. The lowest BCUT2D eigenvalue weighted by molar-refractivity contribution is -0.384. The van der Waals surface area contributed by atoms with Crippen LogP contribution in [-0.2, 0) is 19.8 Å². The second-order valence-corrected chi connectivity index (χ2v) is 8.56. The molecule has 162 valence electrons. The lowest BCUT2D eigenvalue weighted by Crippen LogP contribution is -2.57. The Hall–Kier alpha value is -4.33. The number of amides is 2. The summed E-state index contributed by atoms with van der Waals surface area (Å²) < 4.78 is 0. The van der Waals surface area contributed by atoms with Crippen molar-refractivity contribution in [1.29, 1.82) is 0 Å². The Labute approximate surface area is 187 Å². The fourth-order valence-electron chi connectivity index (χ4n) is 6.14. The van der Waals surface area contributed by atoms with Crippen LogP contribution in [0.3, 0.4) is 0 Å². The molecular weight excluding hydrogens is 424 g/mol. The minimum atomic E-state index is -1.73. The number of nitrogens with zero attached hydrogens (tertiary/aromatic N) is 2. The molecule has 1 fully saturated rings. The maximum Gasteiger partial charge on any atom is 0.319 e. The van der Waals surface area contributed by atoms with Crippen molar-refractivity contribution in [2.45, 2.75) is 11.3 Å². The monoisotopic (exact) mass is 440 g/mol. The number of hydrogen-bond acceptors (Lipinski definition) is 5. The van der Waals surface area contributed by atoms with Crippen molar-refractivity contribution in [1.82, 2.24) is 0 Å².